The molecule has 0 aromatic heterocycles. The molecule has 0 aliphatic carbocycles. The lowest BCUT2D eigenvalue weighted by Gasteiger charge is -2.18. The number of methoxy groups -OCH3 is 1. The van der Waals surface area contributed by atoms with Gasteiger partial charge in [0.05, 0.1) is 12.7 Å². The molecule has 0 radical (unpaired) electrons. The molecule has 3 aromatic rings. The van der Waals surface area contributed by atoms with E-state index in [2.05, 4.69) is 5.32 Å². The zero-order valence-electron chi connectivity index (χ0n) is 17.1. The molecule has 0 aliphatic rings. The summed E-state index contributed by atoms with van der Waals surface area (Å²) >= 11 is 0. The predicted molar refractivity (Wildman–Crippen MR) is 116 cm³/mol. The maximum absolute atomic E-state index is 12.8. The van der Waals surface area contributed by atoms with Crippen molar-refractivity contribution in [3.63, 3.8) is 0 Å². The summed E-state index contributed by atoms with van der Waals surface area (Å²) in [5.41, 5.74) is 1.61. The van der Waals surface area contributed by atoms with Gasteiger partial charge in [0.25, 0.3) is 5.91 Å². The van der Waals surface area contributed by atoms with Crippen LogP contribution in [0.2, 0.25) is 0 Å². The fourth-order valence-electron chi connectivity index (χ4n) is 3.06. The summed E-state index contributed by atoms with van der Waals surface area (Å²) in [6.45, 7) is -0.453. The van der Waals surface area contributed by atoms with Crippen LogP contribution in [0.15, 0.2) is 84.9 Å². The van der Waals surface area contributed by atoms with Gasteiger partial charge in [-0.1, -0.05) is 60.7 Å². The molecule has 0 spiro atoms. The van der Waals surface area contributed by atoms with Crippen LogP contribution < -0.4 is 10.1 Å². The average molecular weight is 417 g/mol. The van der Waals surface area contributed by atoms with Crippen molar-refractivity contribution in [2.24, 2.45) is 0 Å². The number of amides is 1. The number of carbonyl (C=O) groups excluding carboxylic acids is 3. The van der Waals surface area contributed by atoms with Crippen molar-refractivity contribution in [2.75, 3.05) is 13.7 Å². The predicted octanol–water partition coefficient (Wildman–Crippen LogP) is 3.46. The third kappa shape index (κ3) is 6.02. The molecule has 0 heterocycles. The van der Waals surface area contributed by atoms with E-state index in [0.717, 1.165) is 5.56 Å². The van der Waals surface area contributed by atoms with Crippen LogP contribution in [-0.2, 0) is 16.0 Å². The van der Waals surface area contributed by atoms with Crippen molar-refractivity contribution < 1.29 is 23.9 Å². The minimum absolute atomic E-state index is 0.237. The molecule has 0 saturated carbocycles. The van der Waals surface area contributed by atoms with Gasteiger partial charge in [-0.15, -0.1) is 0 Å². The quantitative estimate of drug-likeness (QED) is 0.426. The summed E-state index contributed by atoms with van der Waals surface area (Å²) < 4.78 is 10.5. The smallest absolute Gasteiger partial charge is 0.329 e. The van der Waals surface area contributed by atoms with E-state index in [1.165, 1.54) is 7.11 Å². The maximum atomic E-state index is 12.8. The first-order chi connectivity index (χ1) is 15.1. The number of ketones is 1. The molecule has 3 aromatic carbocycles. The van der Waals surface area contributed by atoms with Crippen LogP contribution in [0.5, 0.6) is 5.75 Å². The third-order valence-electron chi connectivity index (χ3n) is 4.66. The van der Waals surface area contributed by atoms with Crippen LogP contribution in [0.25, 0.3) is 0 Å². The van der Waals surface area contributed by atoms with Crippen LogP contribution in [0.4, 0.5) is 0 Å². The van der Waals surface area contributed by atoms with Crippen LogP contribution >= 0.6 is 0 Å². The second-order valence-corrected chi connectivity index (χ2v) is 6.81. The highest BCUT2D eigenvalue weighted by Crippen LogP contribution is 2.18. The molecule has 1 atom stereocenters. The zero-order valence-corrected chi connectivity index (χ0v) is 17.1. The van der Waals surface area contributed by atoms with E-state index in [0.29, 0.717) is 16.9 Å². The van der Waals surface area contributed by atoms with Crippen LogP contribution in [0.1, 0.15) is 26.3 Å². The molecule has 1 N–H and O–H groups in total. The second-order valence-electron chi connectivity index (χ2n) is 6.81. The first-order valence-electron chi connectivity index (χ1n) is 9.81. The van der Waals surface area contributed by atoms with Gasteiger partial charge in [-0.3, -0.25) is 9.59 Å². The molecule has 1 amide bonds. The minimum Gasteiger partial charge on any atom is -0.496 e. The van der Waals surface area contributed by atoms with E-state index in [4.69, 9.17) is 9.47 Å². The summed E-state index contributed by atoms with van der Waals surface area (Å²) in [6.07, 6.45) is 0.237. The summed E-state index contributed by atoms with van der Waals surface area (Å²) in [4.78, 5) is 37.9. The van der Waals surface area contributed by atoms with Crippen LogP contribution in [-0.4, -0.2) is 37.4 Å². The lowest BCUT2D eigenvalue weighted by atomic mass is 10.1. The Morgan fingerprint density at radius 2 is 1.45 bits per heavy atom. The summed E-state index contributed by atoms with van der Waals surface area (Å²) in [6, 6.07) is 23.6. The van der Waals surface area contributed by atoms with Gasteiger partial charge in [-0.2, -0.15) is 0 Å². The van der Waals surface area contributed by atoms with Crippen LogP contribution in [0, 0.1) is 0 Å². The van der Waals surface area contributed by atoms with Gasteiger partial charge in [0.2, 0.25) is 5.78 Å². The van der Waals surface area contributed by atoms with E-state index < -0.39 is 30.3 Å². The number of rotatable bonds is 9. The van der Waals surface area contributed by atoms with Gasteiger partial charge in [0, 0.05) is 12.0 Å². The molecule has 6 nitrogen and oxygen atoms in total. The van der Waals surface area contributed by atoms with Gasteiger partial charge in [0.15, 0.2) is 6.61 Å². The Hall–Kier alpha value is -3.93. The number of para-hydroxylation sites is 1. The van der Waals surface area contributed by atoms with Gasteiger partial charge in [-0.25, -0.2) is 4.79 Å². The van der Waals surface area contributed by atoms with Crippen LogP contribution in [0.3, 0.4) is 0 Å². The topological polar surface area (TPSA) is 81.7 Å². The van der Waals surface area contributed by atoms with E-state index in [9.17, 15) is 14.4 Å². The van der Waals surface area contributed by atoms with Crippen molar-refractivity contribution in [1.82, 2.24) is 5.32 Å². The van der Waals surface area contributed by atoms with Crippen molar-refractivity contribution in [3.8, 4) is 5.75 Å². The molecule has 3 rings (SSSR count). The second kappa shape index (κ2) is 10.7. The normalized spacial score (nSPS) is 11.3. The number of nitrogens with one attached hydrogen (secondary N) is 1. The van der Waals surface area contributed by atoms with E-state index in [1.54, 1.807) is 54.6 Å². The number of esters is 1. The van der Waals surface area contributed by atoms with Crippen molar-refractivity contribution in [2.45, 2.75) is 12.5 Å². The number of carbonyl (C=O) groups is 3. The minimum atomic E-state index is -0.944. The largest absolute Gasteiger partial charge is 0.496 e. The number of benzene rings is 3. The number of Topliss-reactive ketones (excluding diaryl/α,β-unsaturated/α-hetero) is 1. The number of hydrogen-bond acceptors (Lipinski definition) is 5. The van der Waals surface area contributed by atoms with Crippen molar-refractivity contribution >= 4 is 17.7 Å². The molecule has 0 fully saturated rings. The zero-order chi connectivity index (χ0) is 22.1. The average Bonchev–Trinajstić information content (AvgIpc) is 2.83. The van der Waals surface area contributed by atoms with Crippen molar-refractivity contribution in [3.05, 3.63) is 102 Å². The first-order valence-corrected chi connectivity index (χ1v) is 9.81. The molecule has 0 aliphatic heterocycles. The Balaban J connectivity index is 1.70. The standard InChI is InChI=1S/C25H23NO5/c1-30-23-15-9-8-14-20(23)22(27)17-31-25(29)21(16-18-10-4-2-5-11-18)26-24(28)19-12-6-3-7-13-19/h2-15,21H,16-17H2,1H3,(H,26,28). The Kier molecular flexibility index (Phi) is 7.54. The van der Waals surface area contributed by atoms with Gasteiger partial charge < -0.3 is 14.8 Å². The van der Waals surface area contributed by atoms with E-state index in [1.807, 2.05) is 30.3 Å². The fraction of sp³-hybridized carbons (Fsp3) is 0.160. The molecular formula is C25H23NO5. The highest BCUT2D eigenvalue weighted by molar-refractivity contribution is 6.01. The molecule has 6 heteroatoms. The molecular weight excluding hydrogens is 394 g/mol. The van der Waals surface area contributed by atoms with E-state index >= 15 is 0 Å². The maximum Gasteiger partial charge on any atom is 0.329 e. The number of ether oxygens (including phenoxy) is 2. The molecule has 1 unspecified atom stereocenters. The summed E-state index contributed by atoms with van der Waals surface area (Å²) in [7, 11) is 1.47. The highest BCUT2D eigenvalue weighted by atomic mass is 16.5. The molecule has 158 valence electrons. The molecule has 31 heavy (non-hydrogen) atoms. The summed E-state index contributed by atoms with van der Waals surface area (Å²) in [5.74, 6) is -1.06. The molecule has 0 saturated heterocycles. The van der Waals surface area contributed by atoms with E-state index in [-0.39, 0.29) is 6.42 Å². The number of hydrogen-bond donors (Lipinski definition) is 1. The Morgan fingerprint density at radius 3 is 2.13 bits per heavy atom. The Labute approximate surface area is 180 Å². The first kappa shape index (κ1) is 21.8. The molecule has 0 bridgehead atoms. The lowest BCUT2D eigenvalue weighted by molar-refractivity contribution is -0.144. The Bertz CT molecular complexity index is 1030. The third-order valence-corrected chi connectivity index (χ3v) is 4.66. The van der Waals surface area contributed by atoms with Crippen molar-refractivity contribution in [1.29, 1.82) is 0 Å². The van der Waals surface area contributed by atoms with Gasteiger partial charge in [-0.05, 0) is 29.8 Å². The summed E-state index contributed by atoms with van der Waals surface area (Å²) in [5, 5.41) is 2.72. The highest BCUT2D eigenvalue weighted by Gasteiger charge is 2.25. The SMILES string of the molecule is COc1ccccc1C(=O)COC(=O)C(Cc1ccccc1)NC(=O)c1ccccc1. The lowest BCUT2D eigenvalue weighted by Crippen LogP contribution is -2.43. The monoisotopic (exact) mass is 417 g/mol. The van der Waals surface area contributed by atoms with Gasteiger partial charge in [0.1, 0.15) is 11.8 Å². The Morgan fingerprint density at radius 1 is 0.839 bits per heavy atom. The van der Waals surface area contributed by atoms with Gasteiger partial charge >= 0.3 is 5.97 Å². The fourth-order valence-corrected chi connectivity index (χ4v) is 3.06.